The first-order valence-electron chi connectivity index (χ1n) is 7.95. The standard InChI is InChI=1S/C17H21NO3/c1-18-7-6-17-10-3-5-13(20)16(17)21-15-12(19)4-2-9(14(15)17)8-11(10)18/h2-5,10-13,15-16,19-20H,6-8H2,1H3/t10-,11?,12-,13?,15?,16?,17-/m0/s1. The average Bonchev–Trinajstić information content (AvgIpc) is 2.83. The molecule has 5 rings (SSSR count). The van der Waals surface area contributed by atoms with Crippen molar-refractivity contribution in [2.45, 2.75) is 43.3 Å². The Hall–Kier alpha value is -0.940. The molecule has 3 aliphatic carbocycles. The number of ether oxygens (including phenoxy) is 1. The van der Waals surface area contributed by atoms with E-state index in [1.54, 1.807) is 0 Å². The van der Waals surface area contributed by atoms with Crippen LogP contribution in [0.25, 0.3) is 0 Å². The lowest BCUT2D eigenvalue weighted by Gasteiger charge is -2.57. The molecule has 4 nitrogen and oxygen atoms in total. The van der Waals surface area contributed by atoms with Crippen LogP contribution < -0.4 is 0 Å². The first-order valence-corrected chi connectivity index (χ1v) is 7.95. The van der Waals surface area contributed by atoms with E-state index in [1.807, 2.05) is 12.2 Å². The quantitative estimate of drug-likeness (QED) is 0.642. The zero-order valence-corrected chi connectivity index (χ0v) is 12.1. The van der Waals surface area contributed by atoms with Gasteiger partial charge in [-0.2, -0.15) is 0 Å². The van der Waals surface area contributed by atoms with E-state index in [-0.39, 0.29) is 17.6 Å². The van der Waals surface area contributed by atoms with Crippen LogP contribution in [-0.4, -0.2) is 59.2 Å². The van der Waals surface area contributed by atoms with E-state index in [1.165, 1.54) is 11.1 Å². The van der Waals surface area contributed by atoms with Gasteiger partial charge < -0.3 is 19.8 Å². The summed E-state index contributed by atoms with van der Waals surface area (Å²) < 4.78 is 6.21. The molecule has 0 saturated carbocycles. The van der Waals surface area contributed by atoms with E-state index in [2.05, 4.69) is 24.1 Å². The summed E-state index contributed by atoms with van der Waals surface area (Å²) in [6, 6.07) is 0.478. The second-order valence-corrected chi connectivity index (χ2v) is 7.21. The van der Waals surface area contributed by atoms with Gasteiger partial charge in [-0.3, -0.25) is 0 Å². The molecule has 0 amide bonds. The summed E-state index contributed by atoms with van der Waals surface area (Å²) in [6.07, 6.45) is 8.50. The van der Waals surface area contributed by atoms with Gasteiger partial charge in [-0.25, -0.2) is 0 Å². The summed E-state index contributed by atoms with van der Waals surface area (Å²) in [5.74, 6) is 0.395. The maximum Gasteiger partial charge on any atom is 0.110 e. The Morgan fingerprint density at radius 1 is 1.24 bits per heavy atom. The van der Waals surface area contributed by atoms with Crippen LogP contribution in [0, 0.1) is 11.3 Å². The number of aliphatic hydroxyl groups excluding tert-OH is 2. The maximum atomic E-state index is 10.5. The Balaban J connectivity index is 1.77. The van der Waals surface area contributed by atoms with Crippen LogP contribution >= 0.6 is 0 Å². The summed E-state index contributed by atoms with van der Waals surface area (Å²) in [7, 11) is 2.20. The molecule has 2 bridgehead atoms. The van der Waals surface area contributed by atoms with Crippen LogP contribution in [0.2, 0.25) is 0 Å². The fraction of sp³-hybridized carbons (Fsp3) is 0.647. The molecule has 7 atom stereocenters. The first-order chi connectivity index (χ1) is 10.1. The molecule has 2 saturated heterocycles. The fourth-order valence-corrected chi connectivity index (χ4v) is 5.57. The zero-order chi connectivity index (χ0) is 14.4. The summed E-state index contributed by atoms with van der Waals surface area (Å²) in [4.78, 5) is 2.45. The Morgan fingerprint density at radius 3 is 2.95 bits per heavy atom. The lowest BCUT2D eigenvalue weighted by Crippen LogP contribution is -2.61. The molecule has 0 aromatic carbocycles. The van der Waals surface area contributed by atoms with Gasteiger partial charge in [0.2, 0.25) is 0 Å². The third-order valence-electron chi connectivity index (χ3n) is 6.45. The highest BCUT2D eigenvalue weighted by molar-refractivity contribution is 5.49. The van der Waals surface area contributed by atoms with Gasteiger partial charge in [-0.1, -0.05) is 24.3 Å². The summed E-state index contributed by atoms with van der Waals surface area (Å²) in [5.41, 5.74) is 2.53. The average molecular weight is 287 g/mol. The summed E-state index contributed by atoms with van der Waals surface area (Å²) in [5, 5.41) is 20.8. The van der Waals surface area contributed by atoms with Gasteiger partial charge in [-0.15, -0.1) is 0 Å². The topological polar surface area (TPSA) is 52.9 Å². The molecular formula is C17H21NO3. The van der Waals surface area contributed by atoms with Crippen LogP contribution in [0.1, 0.15) is 12.8 Å². The van der Waals surface area contributed by atoms with E-state index < -0.39 is 12.2 Å². The molecule has 4 heteroatoms. The normalized spacial score (nSPS) is 54.0. The van der Waals surface area contributed by atoms with E-state index in [0.29, 0.717) is 12.0 Å². The van der Waals surface area contributed by atoms with E-state index in [9.17, 15) is 10.2 Å². The number of likely N-dealkylation sites (tertiary alicyclic amines) is 1. The molecule has 2 N–H and O–H groups in total. The van der Waals surface area contributed by atoms with Gasteiger partial charge in [0.25, 0.3) is 0 Å². The Morgan fingerprint density at radius 2 is 2.10 bits per heavy atom. The zero-order valence-electron chi connectivity index (χ0n) is 12.1. The van der Waals surface area contributed by atoms with Crippen molar-refractivity contribution in [3.05, 3.63) is 35.5 Å². The molecule has 5 aliphatic rings. The lowest BCUT2D eigenvalue weighted by molar-refractivity contribution is -0.107. The Bertz CT molecular complexity index is 595. The number of rotatable bonds is 0. The molecule has 0 aromatic heterocycles. The Labute approximate surface area is 124 Å². The summed E-state index contributed by atoms with van der Waals surface area (Å²) in [6.45, 7) is 1.03. The van der Waals surface area contributed by atoms with E-state index >= 15 is 0 Å². The highest BCUT2D eigenvalue weighted by atomic mass is 16.5. The highest BCUT2D eigenvalue weighted by Gasteiger charge is 2.66. The third kappa shape index (κ3) is 1.31. The van der Waals surface area contributed by atoms with Gasteiger partial charge >= 0.3 is 0 Å². The van der Waals surface area contributed by atoms with Crippen molar-refractivity contribution in [2.75, 3.05) is 13.6 Å². The highest BCUT2D eigenvalue weighted by Crippen LogP contribution is 2.63. The molecule has 21 heavy (non-hydrogen) atoms. The van der Waals surface area contributed by atoms with Crippen molar-refractivity contribution < 1.29 is 14.9 Å². The molecule has 0 radical (unpaired) electrons. The molecule has 112 valence electrons. The smallest absolute Gasteiger partial charge is 0.110 e. The van der Waals surface area contributed by atoms with Gasteiger partial charge in [0.15, 0.2) is 0 Å². The predicted molar refractivity (Wildman–Crippen MR) is 77.6 cm³/mol. The number of nitrogens with zero attached hydrogens (tertiary/aromatic N) is 1. The van der Waals surface area contributed by atoms with Gasteiger partial charge in [0.05, 0.1) is 12.2 Å². The maximum absolute atomic E-state index is 10.5. The van der Waals surface area contributed by atoms with Gasteiger partial charge in [-0.05, 0) is 37.6 Å². The van der Waals surface area contributed by atoms with Crippen LogP contribution in [0.5, 0.6) is 0 Å². The second-order valence-electron chi connectivity index (χ2n) is 7.21. The number of piperidine rings is 1. The van der Waals surface area contributed by atoms with Crippen LogP contribution in [-0.2, 0) is 4.74 Å². The van der Waals surface area contributed by atoms with Crippen LogP contribution in [0.15, 0.2) is 35.5 Å². The predicted octanol–water partition coefficient (Wildman–Crippen LogP) is 0.622. The number of hydrogen-bond acceptors (Lipinski definition) is 4. The van der Waals surface area contributed by atoms with Crippen molar-refractivity contribution in [2.24, 2.45) is 11.3 Å². The minimum Gasteiger partial charge on any atom is -0.386 e. The van der Waals surface area contributed by atoms with Gasteiger partial charge in [0, 0.05) is 17.4 Å². The van der Waals surface area contributed by atoms with Gasteiger partial charge in [0.1, 0.15) is 12.2 Å². The molecule has 4 unspecified atom stereocenters. The van der Waals surface area contributed by atoms with Crippen molar-refractivity contribution in [3.8, 4) is 0 Å². The van der Waals surface area contributed by atoms with E-state index in [4.69, 9.17) is 4.74 Å². The molecule has 2 heterocycles. The third-order valence-corrected chi connectivity index (χ3v) is 6.45. The molecular weight excluding hydrogens is 266 g/mol. The van der Waals surface area contributed by atoms with Crippen molar-refractivity contribution >= 4 is 0 Å². The van der Waals surface area contributed by atoms with Crippen LogP contribution in [0.4, 0.5) is 0 Å². The SMILES string of the molecule is CN1CC[C@]23C4=C5C=C[C@H](O)C4OC2C(O)C=C[C@H]3C1C5. The first kappa shape index (κ1) is 12.6. The number of aliphatic hydroxyl groups is 2. The number of allylic oxidation sites excluding steroid dienone is 1. The molecule has 2 aliphatic heterocycles. The molecule has 1 spiro atoms. The molecule has 0 aromatic rings. The van der Waals surface area contributed by atoms with Crippen molar-refractivity contribution in [3.63, 3.8) is 0 Å². The van der Waals surface area contributed by atoms with E-state index in [0.717, 1.165) is 19.4 Å². The largest absolute Gasteiger partial charge is 0.386 e. The molecule has 2 fully saturated rings. The fourth-order valence-electron chi connectivity index (χ4n) is 5.57. The number of hydrogen-bond donors (Lipinski definition) is 2. The second kappa shape index (κ2) is 3.87. The Kier molecular flexibility index (Phi) is 2.32. The monoisotopic (exact) mass is 287 g/mol. The van der Waals surface area contributed by atoms with Crippen LogP contribution in [0.3, 0.4) is 0 Å². The van der Waals surface area contributed by atoms with Crippen molar-refractivity contribution in [1.29, 1.82) is 0 Å². The van der Waals surface area contributed by atoms with Crippen molar-refractivity contribution in [1.82, 2.24) is 4.90 Å². The lowest BCUT2D eigenvalue weighted by atomic mass is 9.52. The summed E-state index contributed by atoms with van der Waals surface area (Å²) >= 11 is 0. The minimum absolute atomic E-state index is 0.102. The minimum atomic E-state index is -0.576.